The largest absolute Gasteiger partial charge is 0.556 e. The van der Waals surface area contributed by atoms with E-state index in [0.717, 1.165) is 16.2 Å². The van der Waals surface area contributed by atoms with E-state index in [-0.39, 0.29) is 5.60 Å². The molecule has 0 aromatic carbocycles. The monoisotopic (exact) mass is 396 g/mol. The molecule has 18 heavy (non-hydrogen) atoms. The zero-order valence-electron chi connectivity index (χ0n) is 12.4. The molecule has 1 rings (SSSR count). The summed E-state index contributed by atoms with van der Waals surface area (Å²) in [6.07, 6.45) is 4.53. The van der Waals surface area contributed by atoms with Crippen molar-refractivity contribution in [2.75, 3.05) is 0 Å². The van der Waals surface area contributed by atoms with Crippen molar-refractivity contribution in [2.45, 2.75) is 76.6 Å². The molecular weight excluding hydrogens is 372 g/mol. The van der Waals surface area contributed by atoms with Gasteiger partial charge in [-0.25, -0.2) is 0 Å². The Morgan fingerprint density at radius 2 is 1.39 bits per heavy atom. The van der Waals surface area contributed by atoms with Crippen LogP contribution in [-0.2, 0) is 4.43 Å². The van der Waals surface area contributed by atoms with Crippen LogP contribution in [0, 0.1) is 0 Å². The van der Waals surface area contributed by atoms with Gasteiger partial charge in [0.2, 0.25) is 0 Å². The van der Waals surface area contributed by atoms with Crippen LogP contribution in [0.4, 0.5) is 0 Å². The zero-order valence-corrected chi connectivity index (χ0v) is 16.6. The van der Waals surface area contributed by atoms with Gasteiger partial charge in [0.15, 0.2) is 0 Å². The van der Waals surface area contributed by atoms with E-state index in [4.69, 9.17) is 4.43 Å². The van der Waals surface area contributed by atoms with Gasteiger partial charge in [0.1, 0.15) is 0 Å². The Kier molecular flexibility index (Phi) is 5.74. The van der Waals surface area contributed by atoms with Crippen LogP contribution >= 0.6 is 31.9 Å². The quantitative estimate of drug-likeness (QED) is 0.475. The Labute approximate surface area is 130 Å². The van der Waals surface area contributed by atoms with Crippen LogP contribution < -0.4 is 0 Å². The highest BCUT2D eigenvalue weighted by atomic mass is 79.9. The molecule has 1 fully saturated rings. The van der Waals surface area contributed by atoms with Gasteiger partial charge < -0.3 is 4.43 Å². The fraction of sp³-hybridized carbons (Fsp3) is 0.857. The Balaban J connectivity index is 3.03. The first-order chi connectivity index (χ1) is 8.16. The molecule has 107 valence electrons. The Morgan fingerprint density at radius 1 is 1.00 bits per heavy atom. The molecule has 0 unspecified atom stereocenters. The minimum Gasteiger partial charge on any atom is -0.556 e. The topological polar surface area (TPSA) is 9.23 Å². The number of hydrogen-bond donors (Lipinski definition) is 0. The van der Waals surface area contributed by atoms with Crippen molar-refractivity contribution in [1.29, 1.82) is 0 Å². The number of hydrogen-bond acceptors (Lipinski definition) is 1. The summed E-state index contributed by atoms with van der Waals surface area (Å²) in [7, 11) is -1.75. The molecule has 1 nitrogen and oxygen atoms in total. The van der Waals surface area contributed by atoms with Crippen molar-refractivity contribution >= 4 is 40.2 Å². The molecule has 0 saturated heterocycles. The van der Waals surface area contributed by atoms with Crippen LogP contribution in [0.5, 0.6) is 0 Å². The summed E-state index contributed by atoms with van der Waals surface area (Å²) in [5.74, 6) is 0. The molecule has 0 radical (unpaired) electrons. The third-order valence-electron chi connectivity index (χ3n) is 4.20. The summed E-state index contributed by atoms with van der Waals surface area (Å²) in [6.45, 7) is 14.1. The van der Waals surface area contributed by atoms with Crippen molar-refractivity contribution in [2.24, 2.45) is 0 Å². The van der Waals surface area contributed by atoms with Crippen LogP contribution in [0.2, 0.25) is 16.6 Å². The van der Waals surface area contributed by atoms with Crippen LogP contribution in [0.1, 0.15) is 54.4 Å². The lowest BCUT2D eigenvalue weighted by Gasteiger charge is -2.56. The maximum Gasteiger partial charge on any atom is 0.0591 e. The average Bonchev–Trinajstić information content (AvgIpc) is 2.91. The maximum absolute atomic E-state index is 6.83. The average molecular weight is 398 g/mol. The van der Waals surface area contributed by atoms with E-state index in [1.807, 2.05) is 0 Å². The Morgan fingerprint density at radius 3 is 1.61 bits per heavy atom. The molecule has 1 aliphatic rings. The van der Waals surface area contributed by atoms with Crippen molar-refractivity contribution in [3.63, 3.8) is 0 Å². The maximum atomic E-state index is 6.83. The van der Waals surface area contributed by atoms with Crippen molar-refractivity contribution in [3.05, 3.63) is 9.47 Å². The van der Waals surface area contributed by atoms with Gasteiger partial charge in [0.25, 0.3) is 0 Å². The highest BCUT2D eigenvalue weighted by Gasteiger charge is 2.46. The lowest BCUT2D eigenvalue weighted by Crippen LogP contribution is -2.50. The van der Waals surface area contributed by atoms with Crippen molar-refractivity contribution in [1.82, 2.24) is 0 Å². The third kappa shape index (κ3) is 3.50. The second-order valence-corrected chi connectivity index (χ2v) is 14.6. The first kappa shape index (κ1) is 16.9. The molecule has 1 aliphatic carbocycles. The molecule has 0 aromatic heterocycles. The second kappa shape index (κ2) is 6.11. The molecule has 0 heterocycles. The molecule has 0 N–H and O–H groups in total. The standard InChI is InChI=1S/C14H26Br2OSi/c1-10(2)18(11(3)4,12(5)6)17-14(7-8-14)9-13(15)16/h9-12H,7-8H2,1-6H3/q-1. The number of halogens is 2. The van der Waals surface area contributed by atoms with E-state index in [1.54, 1.807) is 0 Å². The highest BCUT2D eigenvalue weighted by Crippen LogP contribution is 2.52. The van der Waals surface area contributed by atoms with E-state index in [9.17, 15) is 0 Å². The molecule has 0 aliphatic heterocycles. The van der Waals surface area contributed by atoms with Crippen LogP contribution in [0.3, 0.4) is 0 Å². The lowest BCUT2D eigenvalue weighted by molar-refractivity contribution is 0.197. The molecular formula is C14H26Br2OSi-. The number of rotatable bonds is 6. The fourth-order valence-electron chi connectivity index (χ4n) is 3.30. The molecule has 4 heteroatoms. The van der Waals surface area contributed by atoms with E-state index in [0.29, 0.717) is 16.6 Å². The summed E-state index contributed by atoms with van der Waals surface area (Å²) in [5, 5.41) is 0. The zero-order chi connectivity index (χ0) is 14.1. The fourth-order valence-corrected chi connectivity index (χ4v) is 9.81. The van der Waals surface area contributed by atoms with Gasteiger partial charge in [0.05, 0.1) is 3.39 Å². The van der Waals surface area contributed by atoms with E-state index in [2.05, 4.69) is 79.5 Å². The minimum absolute atomic E-state index is 0.00731. The third-order valence-corrected chi connectivity index (χ3v) is 10.8. The Bertz CT molecular complexity index is 294. The van der Waals surface area contributed by atoms with Crippen LogP contribution in [0.15, 0.2) is 9.47 Å². The molecule has 0 atom stereocenters. The normalized spacial score (nSPS) is 18.6. The first-order valence-corrected chi connectivity index (χ1v) is 10.6. The summed E-state index contributed by atoms with van der Waals surface area (Å²) >= 11 is 6.96. The first-order valence-electron chi connectivity index (χ1n) is 6.90. The van der Waals surface area contributed by atoms with Gasteiger partial charge in [-0.05, 0) is 59.1 Å². The predicted octanol–water partition coefficient (Wildman–Crippen LogP) is 6.34. The molecule has 0 bridgehead atoms. The molecule has 1 saturated carbocycles. The van der Waals surface area contributed by atoms with Gasteiger partial charge in [0, 0.05) is 5.60 Å². The summed E-state index contributed by atoms with van der Waals surface area (Å²) in [4.78, 5) is 0. The molecule has 0 aromatic rings. The summed E-state index contributed by atoms with van der Waals surface area (Å²) in [6, 6.07) is 0. The van der Waals surface area contributed by atoms with Crippen LogP contribution in [0.25, 0.3) is 0 Å². The van der Waals surface area contributed by atoms with Crippen molar-refractivity contribution in [3.8, 4) is 0 Å². The summed E-state index contributed by atoms with van der Waals surface area (Å²) < 4.78 is 7.85. The van der Waals surface area contributed by atoms with Gasteiger partial charge in [-0.3, -0.25) is 0 Å². The molecule has 0 amide bonds. The summed E-state index contributed by atoms with van der Waals surface area (Å²) in [5.41, 5.74) is 1.96. The van der Waals surface area contributed by atoms with E-state index < -0.39 is 8.32 Å². The van der Waals surface area contributed by atoms with E-state index in [1.165, 1.54) is 0 Å². The van der Waals surface area contributed by atoms with Crippen LogP contribution in [-0.4, -0.2) is 13.9 Å². The SMILES string of the molecule is CC(C)[Si-](OC1(C=C(Br)Br)CC1)(C(C)C)C(C)C. The smallest absolute Gasteiger partial charge is 0.0591 e. The van der Waals surface area contributed by atoms with Gasteiger partial charge in [-0.15, -0.1) is 16.6 Å². The second-order valence-electron chi connectivity index (χ2n) is 6.42. The van der Waals surface area contributed by atoms with Gasteiger partial charge >= 0.3 is 0 Å². The highest BCUT2D eigenvalue weighted by molar-refractivity contribution is 9.28. The van der Waals surface area contributed by atoms with Gasteiger partial charge in [-0.2, -0.15) is 0 Å². The minimum atomic E-state index is -1.75. The Hall–Kier alpha value is 0.877. The van der Waals surface area contributed by atoms with Gasteiger partial charge in [-0.1, -0.05) is 41.5 Å². The predicted molar refractivity (Wildman–Crippen MR) is 90.0 cm³/mol. The van der Waals surface area contributed by atoms with Crippen molar-refractivity contribution < 1.29 is 4.43 Å². The van der Waals surface area contributed by atoms with E-state index >= 15 is 0 Å². The molecule has 0 spiro atoms. The lowest BCUT2D eigenvalue weighted by atomic mass is 10.3.